The van der Waals surface area contributed by atoms with E-state index >= 15 is 0 Å². The van der Waals surface area contributed by atoms with Crippen LogP contribution in [0.5, 0.6) is 0 Å². The second-order valence-electron chi connectivity index (χ2n) is 6.15. The van der Waals surface area contributed by atoms with Crippen LogP contribution in [0.1, 0.15) is 49.1 Å². The Labute approximate surface area is 120 Å². The van der Waals surface area contributed by atoms with Crippen molar-refractivity contribution in [3.63, 3.8) is 0 Å². The van der Waals surface area contributed by atoms with Crippen molar-refractivity contribution in [1.82, 2.24) is 5.32 Å². The predicted octanol–water partition coefficient (Wildman–Crippen LogP) is 2.38. The van der Waals surface area contributed by atoms with Crippen molar-refractivity contribution >= 4 is 5.91 Å². The van der Waals surface area contributed by atoms with Crippen LogP contribution in [0.4, 0.5) is 0 Å². The zero-order chi connectivity index (χ0) is 13.9. The van der Waals surface area contributed by atoms with E-state index < -0.39 is 0 Å². The van der Waals surface area contributed by atoms with Gasteiger partial charge in [-0.15, -0.1) is 0 Å². The summed E-state index contributed by atoms with van der Waals surface area (Å²) < 4.78 is 0. The number of hydrogen-bond acceptors (Lipinski definition) is 2. The summed E-state index contributed by atoms with van der Waals surface area (Å²) in [4.78, 5) is 12.4. The lowest BCUT2D eigenvalue weighted by atomic mass is 9.82. The van der Waals surface area contributed by atoms with E-state index in [1.165, 1.54) is 11.1 Å². The van der Waals surface area contributed by atoms with Crippen molar-refractivity contribution in [1.29, 1.82) is 0 Å². The summed E-state index contributed by atoms with van der Waals surface area (Å²) in [5.74, 6) is 0.382. The molecule has 1 amide bonds. The molecule has 3 unspecified atom stereocenters. The number of rotatable bonds is 3. The average Bonchev–Trinajstić information content (AvgIpc) is 2.89. The SMILES string of the molecule is O=C(NCC1CCCC1O)C1CCCc2ccccc21. The molecule has 3 heteroatoms. The Balaban J connectivity index is 1.63. The molecule has 0 aromatic heterocycles. The third-order valence-corrected chi connectivity index (χ3v) is 4.84. The van der Waals surface area contributed by atoms with Gasteiger partial charge in [-0.3, -0.25) is 4.79 Å². The Bertz CT molecular complexity index is 486. The first-order valence-electron chi connectivity index (χ1n) is 7.79. The molecule has 1 saturated carbocycles. The van der Waals surface area contributed by atoms with Crippen molar-refractivity contribution in [3.05, 3.63) is 35.4 Å². The number of carbonyl (C=O) groups is 1. The number of hydrogen-bond donors (Lipinski definition) is 2. The Morgan fingerprint density at radius 1 is 1.20 bits per heavy atom. The van der Waals surface area contributed by atoms with Gasteiger partial charge in [0.1, 0.15) is 0 Å². The van der Waals surface area contributed by atoms with E-state index in [9.17, 15) is 9.90 Å². The number of nitrogens with one attached hydrogen (secondary N) is 1. The molecule has 2 N–H and O–H groups in total. The molecule has 108 valence electrons. The van der Waals surface area contributed by atoms with Crippen LogP contribution in [0.15, 0.2) is 24.3 Å². The average molecular weight is 273 g/mol. The Hall–Kier alpha value is -1.35. The van der Waals surface area contributed by atoms with Crippen molar-refractivity contribution < 1.29 is 9.90 Å². The number of aryl methyl sites for hydroxylation is 1. The molecule has 0 radical (unpaired) electrons. The number of aliphatic hydroxyl groups is 1. The zero-order valence-electron chi connectivity index (χ0n) is 11.8. The lowest BCUT2D eigenvalue weighted by molar-refractivity contribution is -0.123. The van der Waals surface area contributed by atoms with Gasteiger partial charge >= 0.3 is 0 Å². The minimum atomic E-state index is -0.228. The van der Waals surface area contributed by atoms with Gasteiger partial charge in [-0.2, -0.15) is 0 Å². The minimum Gasteiger partial charge on any atom is -0.393 e. The Kier molecular flexibility index (Phi) is 4.06. The quantitative estimate of drug-likeness (QED) is 0.888. The first kappa shape index (κ1) is 13.6. The molecule has 3 atom stereocenters. The number of carbonyl (C=O) groups excluding carboxylic acids is 1. The lowest BCUT2D eigenvalue weighted by Gasteiger charge is -2.25. The second kappa shape index (κ2) is 5.96. The summed E-state index contributed by atoms with van der Waals surface area (Å²) in [6.07, 6.45) is 5.87. The molecule has 0 heterocycles. The van der Waals surface area contributed by atoms with E-state index in [1.807, 2.05) is 12.1 Å². The summed E-state index contributed by atoms with van der Waals surface area (Å²) in [7, 11) is 0. The molecular weight excluding hydrogens is 250 g/mol. The highest BCUT2D eigenvalue weighted by Crippen LogP contribution is 2.32. The van der Waals surface area contributed by atoms with E-state index in [0.29, 0.717) is 6.54 Å². The fraction of sp³-hybridized carbons (Fsp3) is 0.588. The summed E-state index contributed by atoms with van der Waals surface area (Å²) in [6.45, 7) is 0.624. The Morgan fingerprint density at radius 2 is 2.05 bits per heavy atom. The highest BCUT2D eigenvalue weighted by Gasteiger charge is 2.29. The molecule has 3 nitrogen and oxygen atoms in total. The number of benzene rings is 1. The first-order valence-corrected chi connectivity index (χ1v) is 7.79. The van der Waals surface area contributed by atoms with Crippen LogP contribution in [-0.2, 0) is 11.2 Å². The van der Waals surface area contributed by atoms with Crippen LogP contribution >= 0.6 is 0 Å². The molecule has 3 rings (SSSR count). The topological polar surface area (TPSA) is 49.3 Å². The maximum atomic E-state index is 12.4. The van der Waals surface area contributed by atoms with E-state index in [1.54, 1.807) is 0 Å². The Morgan fingerprint density at radius 3 is 2.85 bits per heavy atom. The molecule has 0 saturated heterocycles. The van der Waals surface area contributed by atoms with E-state index in [-0.39, 0.29) is 23.8 Å². The second-order valence-corrected chi connectivity index (χ2v) is 6.15. The van der Waals surface area contributed by atoms with Gasteiger partial charge in [0, 0.05) is 12.5 Å². The third-order valence-electron chi connectivity index (χ3n) is 4.84. The number of aliphatic hydroxyl groups excluding tert-OH is 1. The van der Waals surface area contributed by atoms with Crippen molar-refractivity contribution in [2.24, 2.45) is 5.92 Å². The van der Waals surface area contributed by atoms with E-state index in [4.69, 9.17) is 0 Å². The van der Waals surface area contributed by atoms with Crippen molar-refractivity contribution in [3.8, 4) is 0 Å². The summed E-state index contributed by atoms with van der Waals surface area (Å²) in [6, 6.07) is 8.29. The largest absolute Gasteiger partial charge is 0.393 e. The van der Waals surface area contributed by atoms with Gasteiger partial charge < -0.3 is 10.4 Å². The molecule has 0 bridgehead atoms. The molecular formula is C17H23NO2. The summed E-state index contributed by atoms with van der Waals surface area (Å²) >= 11 is 0. The van der Waals surface area contributed by atoms with E-state index in [0.717, 1.165) is 38.5 Å². The molecule has 2 aliphatic rings. The highest BCUT2D eigenvalue weighted by molar-refractivity contribution is 5.84. The normalized spacial score (nSPS) is 28.9. The molecule has 1 fully saturated rings. The standard InChI is InChI=1S/C17H23NO2/c19-16-10-4-7-13(16)11-18-17(20)15-9-3-6-12-5-1-2-8-14(12)15/h1-2,5,8,13,15-16,19H,3-4,6-7,9-11H2,(H,18,20). The minimum absolute atomic E-state index is 0.00139. The van der Waals surface area contributed by atoms with Gasteiger partial charge in [0.2, 0.25) is 5.91 Å². The zero-order valence-corrected chi connectivity index (χ0v) is 11.8. The molecule has 20 heavy (non-hydrogen) atoms. The van der Waals surface area contributed by atoms with Gasteiger partial charge in [0.25, 0.3) is 0 Å². The van der Waals surface area contributed by atoms with Gasteiger partial charge in [-0.1, -0.05) is 30.7 Å². The summed E-state index contributed by atoms with van der Waals surface area (Å²) in [5, 5.41) is 12.9. The lowest BCUT2D eigenvalue weighted by Crippen LogP contribution is -2.36. The smallest absolute Gasteiger partial charge is 0.227 e. The first-order chi connectivity index (χ1) is 9.75. The fourth-order valence-electron chi connectivity index (χ4n) is 3.64. The van der Waals surface area contributed by atoms with Crippen LogP contribution in [0.2, 0.25) is 0 Å². The number of fused-ring (bicyclic) bond motifs is 1. The van der Waals surface area contributed by atoms with Crippen molar-refractivity contribution in [2.75, 3.05) is 6.54 Å². The van der Waals surface area contributed by atoms with Crippen LogP contribution in [0, 0.1) is 5.92 Å². The molecule has 1 aromatic rings. The van der Waals surface area contributed by atoms with Gasteiger partial charge in [0.15, 0.2) is 0 Å². The van der Waals surface area contributed by atoms with E-state index in [2.05, 4.69) is 17.4 Å². The van der Waals surface area contributed by atoms with Gasteiger partial charge in [-0.05, 0) is 43.2 Å². The van der Waals surface area contributed by atoms with Crippen molar-refractivity contribution in [2.45, 2.75) is 50.5 Å². The van der Waals surface area contributed by atoms with Crippen LogP contribution in [0.25, 0.3) is 0 Å². The van der Waals surface area contributed by atoms with Gasteiger partial charge in [0.05, 0.1) is 12.0 Å². The molecule has 2 aliphatic carbocycles. The van der Waals surface area contributed by atoms with Gasteiger partial charge in [-0.25, -0.2) is 0 Å². The van der Waals surface area contributed by atoms with Crippen LogP contribution in [0.3, 0.4) is 0 Å². The van der Waals surface area contributed by atoms with Crippen LogP contribution < -0.4 is 5.32 Å². The molecule has 1 aromatic carbocycles. The summed E-state index contributed by atoms with van der Waals surface area (Å²) in [5.41, 5.74) is 2.52. The third kappa shape index (κ3) is 2.73. The maximum Gasteiger partial charge on any atom is 0.227 e. The molecule has 0 spiro atoms. The number of amides is 1. The maximum absolute atomic E-state index is 12.4. The highest BCUT2D eigenvalue weighted by atomic mass is 16.3. The fourth-order valence-corrected chi connectivity index (χ4v) is 3.64. The van der Waals surface area contributed by atoms with Crippen LogP contribution in [-0.4, -0.2) is 23.7 Å². The monoisotopic (exact) mass is 273 g/mol. The predicted molar refractivity (Wildman–Crippen MR) is 78.5 cm³/mol. The molecule has 0 aliphatic heterocycles.